The molecule has 6 nitrogen and oxygen atoms in total. The zero-order valence-electron chi connectivity index (χ0n) is 10.4. The highest BCUT2D eigenvalue weighted by Crippen LogP contribution is 2.21. The highest BCUT2D eigenvalue weighted by Gasteiger charge is 2.21. The maximum absolute atomic E-state index is 13.1. The first kappa shape index (κ1) is 17.3. The van der Waals surface area contributed by atoms with Crippen LogP contribution in [0, 0.1) is 15.9 Å². The monoisotopic (exact) mass is 292 g/mol. The van der Waals surface area contributed by atoms with E-state index in [0.29, 0.717) is 0 Å². The van der Waals surface area contributed by atoms with Crippen molar-refractivity contribution >= 4 is 24.1 Å². The molecule has 0 aromatic heterocycles. The maximum atomic E-state index is 13.1. The Morgan fingerprint density at radius 2 is 2.16 bits per heavy atom. The predicted molar refractivity (Wildman–Crippen MR) is 68.9 cm³/mol. The third-order valence-corrected chi connectivity index (χ3v) is 2.68. The number of nitrogens with zero attached hydrogens (tertiary/aromatic N) is 2. The summed E-state index contributed by atoms with van der Waals surface area (Å²) in [7, 11) is 1.51. The van der Waals surface area contributed by atoms with Crippen molar-refractivity contribution in [3.63, 3.8) is 0 Å². The molecule has 1 rings (SSSR count). The van der Waals surface area contributed by atoms with Crippen LogP contribution in [-0.4, -0.2) is 34.0 Å². The number of benzene rings is 1. The lowest BCUT2D eigenvalue weighted by Crippen LogP contribution is -2.35. The zero-order valence-corrected chi connectivity index (χ0v) is 11.2. The van der Waals surface area contributed by atoms with Crippen LogP contribution in [0.1, 0.15) is 12.5 Å². The number of aliphatic carboxylic acids is 1. The van der Waals surface area contributed by atoms with E-state index in [-0.39, 0.29) is 30.2 Å². The molecule has 1 unspecified atom stereocenters. The molecular weight excluding hydrogens is 279 g/mol. The van der Waals surface area contributed by atoms with Crippen molar-refractivity contribution in [2.24, 2.45) is 0 Å². The van der Waals surface area contributed by atoms with Gasteiger partial charge in [-0.1, -0.05) is 0 Å². The Morgan fingerprint density at radius 1 is 1.58 bits per heavy atom. The van der Waals surface area contributed by atoms with Gasteiger partial charge in [-0.25, -0.2) is 4.39 Å². The van der Waals surface area contributed by atoms with Crippen molar-refractivity contribution in [1.82, 2.24) is 4.90 Å². The summed E-state index contributed by atoms with van der Waals surface area (Å²) in [4.78, 5) is 22.3. The van der Waals surface area contributed by atoms with Crippen LogP contribution in [0.15, 0.2) is 18.2 Å². The van der Waals surface area contributed by atoms with Gasteiger partial charge in [0.15, 0.2) is 0 Å². The van der Waals surface area contributed by atoms with Gasteiger partial charge in [0, 0.05) is 18.2 Å². The summed E-state index contributed by atoms with van der Waals surface area (Å²) in [6.07, 6.45) is 0. The van der Waals surface area contributed by atoms with E-state index in [0.717, 1.165) is 18.2 Å². The molecule has 0 radical (unpaired) electrons. The normalized spacial score (nSPS) is 11.8. The number of rotatable bonds is 5. The fourth-order valence-electron chi connectivity index (χ4n) is 1.45. The average molecular weight is 293 g/mol. The van der Waals surface area contributed by atoms with E-state index in [4.69, 9.17) is 5.11 Å². The van der Waals surface area contributed by atoms with Gasteiger partial charge in [-0.3, -0.25) is 19.8 Å². The van der Waals surface area contributed by atoms with Crippen molar-refractivity contribution in [2.45, 2.75) is 19.5 Å². The van der Waals surface area contributed by atoms with E-state index in [1.165, 1.54) is 18.9 Å². The molecule has 0 amide bonds. The van der Waals surface area contributed by atoms with E-state index < -0.39 is 22.8 Å². The molecule has 0 fully saturated rings. The van der Waals surface area contributed by atoms with Gasteiger partial charge in [-0.15, -0.1) is 12.4 Å². The first-order valence-corrected chi connectivity index (χ1v) is 5.18. The standard InChI is InChI=1S/C11H13FN2O4.ClH/c1-7(11(15)16)13(2)6-8-5-9(12)3-4-10(8)14(17)18;/h3-5,7H,6H2,1-2H3,(H,15,16);1H. The number of carboxylic acids is 1. The fraction of sp³-hybridized carbons (Fsp3) is 0.364. The van der Waals surface area contributed by atoms with Crippen LogP contribution >= 0.6 is 12.4 Å². The van der Waals surface area contributed by atoms with Crippen LogP contribution in [-0.2, 0) is 11.3 Å². The predicted octanol–water partition coefficient (Wildman–Crippen LogP) is 2.06. The van der Waals surface area contributed by atoms with Gasteiger partial charge in [-0.2, -0.15) is 0 Å². The Balaban J connectivity index is 0.00000324. The zero-order chi connectivity index (χ0) is 13.9. The molecule has 8 heteroatoms. The molecule has 1 N–H and O–H groups in total. The summed E-state index contributed by atoms with van der Waals surface area (Å²) in [5, 5.41) is 19.6. The van der Waals surface area contributed by atoms with Crippen LogP contribution in [0.5, 0.6) is 0 Å². The van der Waals surface area contributed by atoms with Crippen molar-refractivity contribution in [2.75, 3.05) is 7.05 Å². The quantitative estimate of drug-likeness (QED) is 0.663. The second kappa shape index (κ2) is 7.01. The molecule has 0 aliphatic heterocycles. The number of carbonyl (C=O) groups is 1. The van der Waals surface area contributed by atoms with E-state index in [1.807, 2.05) is 0 Å². The molecule has 1 atom stereocenters. The smallest absolute Gasteiger partial charge is 0.320 e. The molecule has 0 aliphatic rings. The molecule has 1 aromatic carbocycles. The molecule has 19 heavy (non-hydrogen) atoms. The second-order valence-corrected chi connectivity index (χ2v) is 3.96. The van der Waals surface area contributed by atoms with E-state index >= 15 is 0 Å². The number of carboxylic acid groups (broad SMARTS) is 1. The third-order valence-electron chi connectivity index (χ3n) is 2.68. The lowest BCUT2D eigenvalue weighted by atomic mass is 10.1. The Labute approximate surface area is 115 Å². The van der Waals surface area contributed by atoms with Crippen molar-refractivity contribution < 1.29 is 19.2 Å². The van der Waals surface area contributed by atoms with Gasteiger partial charge >= 0.3 is 5.97 Å². The topological polar surface area (TPSA) is 83.7 Å². The number of nitro groups is 1. The highest BCUT2D eigenvalue weighted by atomic mass is 35.5. The summed E-state index contributed by atoms with van der Waals surface area (Å²) >= 11 is 0. The Kier molecular flexibility index (Phi) is 6.37. The number of hydrogen-bond acceptors (Lipinski definition) is 4. The molecule has 0 aliphatic carbocycles. The summed E-state index contributed by atoms with van der Waals surface area (Å²) in [5.74, 6) is -1.64. The number of nitro benzene ring substituents is 1. The molecule has 0 saturated heterocycles. The summed E-state index contributed by atoms with van der Waals surface area (Å²) < 4.78 is 13.1. The van der Waals surface area contributed by atoms with Crippen LogP contribution in [0.3, 0.4) is 0 Å². The van der Waals surface area contributed by atoms with Crippen molar-refractivity contribution in [3.05, 3.63) is 39.7 Å². The van der Waals surface area contributed by atoms with Crippen LogP contribution < -0.4 is 0 Å². The van der Waals surface area contributed by atoms with E-state index in [2.05, 4.69) is 0 Å². The van der Waals surface area contributed by atoms with Crippen LogP contribution in [0.25, 0.3) is 0 Å². The molecule has 0 saturated carbocycles. The molecule has 0 spiro atoms. The maximum Gasteiger partial charge on any atom is 0.320 e. The number of likely N-dealkylation sites (N-methyl/N-ethyl adjacent to an activating group) is 1. The summed E-state index contributed by atoms with van der Waals surface area (Å²) in [5.41, 5.74) is -0.0727. The van der Waals surface area contributed by atoms with E-state index in [9.17, 15) is 19.3 Å². The van der Waals surface area contributed by atoms with Gasteiger partial charge in [0.25, 0.3) is 5.69 Å². The average Bonchev–Trinajstić information content (AvgIpc) is 2.27. The Hall–Kier alpha value is -1.73. The SMILES string of the molecule is CC(C(=O)O)N(C)Cc1cc(F)ccc1[N+](=O)[O-].Cl. The van der Waals surface area contributed by atoms with Crippen LogP contribution in [0.4, 0.5) is 10.1 Å². The molecule has 106 valence electrons. The van der Waals surface area contributed by atoms with Crippen molar-refractivity contribution in [1.29, 1.82) is 0 Å². The minimum atomic E-state index is -1.04. The molecule has 1 aromatic rings. The lowest BCUT2D eigenvalue weighted by Gasteiger charge is -2.20. The minimum Gasteiger partial charge on any atom is -0.480 e. The van der Waals surface area contributed by atoms with E-state index in [1.54, 1.807) is 0 Å². The fourth-order valence-corrected chi connectivity index (χ4v) is 1.45. The first-order valence-electron chi connectivity index (χ1n) is 5.18. The molecular formula is C11H14ClFN2O4. The molecule has 0 bridgehead atoms. The number of hydrogen-bond donors (Lipinski definition) is 1. The summed E-state index contributed by atoms with van der Waals surface area (Å²) in [6.45, 7) is 1.44. The van der Waals surface area contributed by atoms with Gasteiger partial charge in [0.1, 0.15) is 11.9 Å². The first-order chi connectivity index (χ1) is 8.32. The Bertz CT molecular complexity index is 484. The largest absolute Gasteiger partial charge is 0.480 e. The molecule has 0 heterocycles. The Morgan fingerprint density at radius 3 is 2.63 bits per heavy atom. The number of halogens is 2. The highest BCUT2D eigenvalue weighted by molar-refractivity contribution is 5.85. The second-order valence-electron chi connectivity index (χ2n) is 3.96. The van der Waals surface area contributed by atoms with Gasteiger partial charge in [-0.05, 0) is 26.1 Å². The van der Waals surface area contributed by atoms with Crippen LogP contribution in [0.2, 0.25) is 0 Å². The third kappa shape index (κ3) is 4.46. The van der Waals surface area contributed by atoms with Crippen molar-refractivity contribution in [3.8, 4) is 0 Å². The van der Waals surface area contributed by atoms with Gasteiger partial charge in [0.2, 0.25) is 0 Å². The summed E-state index contributed by atoms with van der Waals surface area (Å²) in [6, 6.07) is 2.31. The minimum absolute atomic E-state index is 0. The van der Waals surface area contributed by atoms with Gasteiger partial charge < -0.3 is 5.11 Å². The lowest BCUT2D eigenvalue weighted by molar-refractivity contribution is -0.385. The van der Waals surface area contributed by atoms with Gasteiger partial charge in [0.05, 0.1) is 4.92 Å².